The van der Waals surface area contributed by atoms with Crippen molar-refractivity contribution in [2.45, 2.75) is 11.7 Å². The van der Waals surface area contributed by atoms with Crippen LogP contribution in [0.3, 0.4) is 0 Å². The lowest BCUT2D eigenvalue weighted by Gasteiger charge is -2.15. The zero-order chi connectivity index (χ0) is 13.6. The topological polar surface area (TPSA) is 109 Å². The SMILES string of the molecule is NS(=O)(=O)C1CC(=O)N(c2cnc3[nH]ccc3c2)C1. The van der Waals surface area contributed by atoms with Gasteiger partial charge in [-0.05, 0) is 12.1 Å². The Morgan fingerprint density at radius 3 is 2.95 bits per heavy atom. The minimum Gasteiger partial charge on any atom is -0.346 e. The summed E-state index contributed by atoms with van der Waals surface area (Å²) in [5, 5.41) is 5.11. The molecule has 1 aliphatic heterocycles. The molecule has 1 atom stereocenters. The molecular formula is C11H12N4O3S. The van der Waals surface area contributed by atoms with Gasteiger partial charge in [-0.15, -0.1) is 0 Å². The molecule has 3 N–H and O–H groups in total. The molecule has 3 rings (SSSR count). The second-order valence-electron chi connectivity index (χ2n) is 4.53. The van der Waals surface area contributed by atoms with E-state index in [0.29, 0.717) is 5.69 Å². The third kappa shape index (κ3) is 2.08. The Bertz CT molecular complexity index is 752. The molecule has 7 nitrogen and oxygen atoms in total. The number of fused-ring (bicyclic) bond motifs is 1. The van der Waals surface area contributed by atoms with Gasteiger partial charge in [0.15, 0.2) is 0 Å². The number of hydrogen-bond donors (Lipinski definition) is 2. The average Bonchev–Trinajstić information content (AvgIpc) is 2.92. The van der Waals surface area contributed by atoms with Gasteiger partial charge in [-0.1, -0.05) is 0 Å². The number of carbonyl (C=O) groups excluding carboxylic acids is 1. The number of sulfonamides is 1. The number of amides is 1. The lowest BCUT2D eigenvalue weighted by atomic mass is 10.3. The van der Waals surface area contributed by atoms with Gasteiger partial charge < -0.3 is 9.88 Å². The zero-order valence-corrected chi connectivity index (χ0v) is 10.7. The van der Waals surface area contributed by atoms with E-state index in [-0.39, 0.29) is 18.9 Å². The standard InChI is InChI=1S/C11H12N4O3S/c12-19(17,18)9-4-10(16)15(6-9)8-3-7-1-2-13-11(7)14-5-8/h1-3,5,9H,4,6H2,(H,13,14)(H2,12,17,18). The molecule has 2 aromatic heterocycles. The van der Waals surface area contributed by atoms with Crippen molar-refractivity contribution in [1.82, 2.24) is 9.97 Å². The van der Waals surface area contributed by atoms with Crippen molar-refractivity contribution < 1.29 is 13.2 Å². The molecule has 0 radical (unpaired) electrons. The van der Waals surface area contributed by atoms with E-state index in [0.717, 1.165) is 11.0 Å². The van der Waals surface area contributed by atoms with Gasteiger partial charge >= 0.3 is 0 Å². The second kappa shape index (κ2) is 4.04. The van der Waals surface area contributed by atoms with Crippen LogP contribution in [0.5, 0.6) is 0 Å². The highest BCUT2D eigenvalue weighted by Crippen LogP contribution is 2.25. The van der Waals surface area contributed by atoms with Gasteiger partial charge in [-0.25, -0.2) is 18.5 Å². The van der Waals surface area contributed by atoms with Crippen molar-refractivity contribution in [3.05, 3.63) is 24.5 Å². The Balaban J connectivity index is 1.96. The molecule has 0 bridgehead atoms. The number of carbonyl (C=O) groups is 1. The third-order valence-electron chi connectivity index (χ3n) is 3.25. The Hall–Kier alpha value is -1.93. The monoisotopic (exact) mass is 280 g/mol. The molecule has 0 spiro atoms. The highest BCUT2D eigenvalue weighted by atomic mass is 32.2. The Labute approximate surface area is 109 Å². The van der Waals surface area contributed by atoms with E-state index in [1.54, 1.807) is 18.5 Å². The highest BCUT2D eigenvalue weighted by Gasteiger charge is 2.37. The fourth-order valence-corrected chi connectivity index (χ4v) is 2.95. The summed E-state index contributed by atoms with van der Waals surface area (Å²) in [7, 11) is -3.70. The molecule has 1 saturated heterocycles. The fraction of sp³-hybridized carbons (Fsp3) is 0.273. The van der Waals surface area contributed by atoms with Gasteiger partial charge in [0, 0.05) is 24.5 Å². The van der Waals surface area contributed by atoms with Crippen LogP contribution in [0.2, 0.25) is 0 Å². The summed E-state index contributed by atoms with van der Waals surface area (Å²) in [5.74, 6) is -0.254. The maximum absolute atomic E-state index is 11.9. The average molecular weight is 280 g/mol. The van der Waals surface area contributed by atoms with E-state index >= 15 is 0 Å². The molecule has 8 heteroatoms. The Morgan fingerprint density at radius 1 is 1.47 bits per heavy atom. The molecule has 1 amide bonds. The van der Waals surface area contributed by atoms with E-state index < -0.39 is 15.3 Å². The Morgan fingerprint density at radius 2 is 2.26 bits per heavy atom. The first kappa shape index (κ1) is 12.1. The number of aromatic nitrogens is 2. The molecule has 1 aliphatic rings. The highest BCUT2D eigenvalue weighted by molar-refractivity contribution is 7.89. The fourth-order valence-electron chi connectivity index (χ4n) is 2.22. The van der Waals surface area contributed by atoms with Crippen molar-refractivity contribution >= 4 is 32.7 Å². The largest absolute Gasteiger partial charge is 0.346 e. The third-order valence-corrected chi connectivity index (χ3v) is 4.50. The molecular weight excluding hydrogens is 268 g/mol. The van der Waals surface area contributed by atoms with Crippen LogP contribution in [-0.2, 0) is 14.8 Å². The van der Waals surface area contributed by atoms with Crippen LogP contribution in [0.25, 0.3) is 11.0 Å². The van der Waals surface area contributed by atoms with Crippen molar-refractivity contribution in [3.8, 4) is 0 Å². The first-order valence-electron chi connectivity index (χ1n) is 5.70. The molecule has 19 heavy (non-hydrogen) atoms. The van der Waals surface area contributed by atoms with Crippen LogP contribution in [0.1, 0.15) is 6.42 Å². The quantitative estimate of drug-likeness (QED) is 0.804. The Kier molecular flexibility index (Phi) is 2.58. The number of aromatic amines is 1. The van der Waals surface area contributed by atoms with Crippen LogP contribution < -0.4 is 10.0 Å². The minimum absolute atomic E-state index is 0.0786. The van der Waals surface area contributed by atoms with Crippen LogP contribution in [-0.4, -0.2) is 36.1 Å². The summed E-state index contributed by atoms with van der Waals surface area (Å²) < 4.78 is 22.6. The molecule has 0 aliphatic carbocycles. The smallest absolute Gasteiger partial charge is 0.228 e. The number of nitrogens with one attached hydrogen (secondary N) is 1. The number of hydrogen-bond acceptors (Lipinski definition) is 4. The number of anilines is 1. The number of nitrogens with zero attached hydrogens (tertiary/aromatic N) is 2. The molecule has 100 valence electrons. The molecule has 1 fully saturated rings. The normalized spacial score (nSPS) is 20.4. The number of H-pyrrole nitrogens is 1. The number of primary sulfonamides is 1. The predicted molar refractivity (Wildman–Crippen MR) is 70.0 cm³/mol. The summed E-state index contributed by atoms with van der Waals surface area (Å²) in [4.78, 5) is 20.4. The van der Waals surface area contributed by atoms with Gasteiger partial charge in [0.2, 0.25) is 15.9 Å². The van der Waals surface area contributed by atoms with E-state index in [9.17, 15) is 13.2 Å². The number of pyridine rings is 1. The van der Waals surface area contributed by atoms with E-state index in [2.05, 4.69) is 9.97 Å². The predicted octanol–water partition coefficient (Wildman–Crippen LogP) is -0.0433. The van der Waals surface area contributed by atoms with Crippen LogP contribution in [0.4, 0.5) is 5.69 Å². The number of rotatable bonds is 2. The lowest BCUT2D eigenvalue weighted by molar-refractivity contribution is -0.117. The lowest BCUT2D eigenvalue weighted by Crippen LogP contribution is -2.32. The van der Waals surface area contributed by atoms with Crippen molar-refractivity contribution in [1.29, 1.82) is 0 Å². The first-order chi connectivity index (χ1) is 8.95. The van der Waals surface area contributed by atoms with Gasteiger partial charge in [0.1, 0.15) is 10.9 Å². The summed E-state index contributed by atoms with van der Waals surface area (Å²) in [6, 6.07) is 3.63. The van der Waals surface area contributed by atoms with Crippen molar-refractivity contribution in [2.75, 3.05) is 11.4 Å². The summed E-state index contributed by atoms with van der Waals surface area (Å²) in [6.45, 7) is 0.0786. The zero-order valence-electron chi connectivity index (χ0n) is 9.91. The summed E-state index contributed by atoms with van der Waals surface area (Å²) >= 11 is 0. The van der Waals surface area contributed by atoms with Crippen molar-refractivity contribution in [3.63, 3.8) is 0 Å². The van der Waals surface area contributed by atoms with E-state index in [1.807, 2.05) is 6.07 Å². The number of nitrogens with two attached hydrogens (primary N) is 1. The summed E-state index contributed by atoms with van der Waals surface area (Å²) in [6.07, 6.45) is 3.21. The van der Waals surface area contributed by atoms with Gasteiger partial charge in [-0.2, -0.15) is 0 Å². The van der Waals surface area contributed by atoms with Gasteiger partial charge in [-0.3, -0.25) is 4.79 Å². The van der Waals surface area contributed by atoms with Gasteiger partial charge in [0.05, 0.1) is 11.9 Å². The maximum atomic E-state index is 11.9. The first-order valence-corrected chi connectivity index (χ1v) is 7.31. The molecule has 2 aromatic rings. The maximum Gasteiger partial charge on any atom is 0.228 e. The molecule has 0 aromatic carbocycles. The van der Waals surface area contributed by atoms with Gasteiger partial charge in [0.25, 0.3) is 0 Å². The van der Waals surface area contributed by atoms with E-state index in [1.165, 1.54) is 4.90 Å². The minimum atomic E-state index is -3.70. The second-order valence-corrected chi connectivity index (χ2v) is 6.37. The molecule has 0 saturated carbocycles. The molecule has 3 heterocycles. The van der Waals surface area contributed by atoms with Crippen LogP contribution in [0, 0.1) is 0 Å². The van der Waals surface area contributed by atoms with Crippen molar-refractivity contribution in [2.24, 2.45) is 5.14 Å². The summed E-state index contributed by atoms with van der Waals surface area (Å²) in [5.41, 5.74) is 1.31. The van der Waals surface area contributed by atoms with E-state index in [4.69, 9.17) is 5.14 Å². The van der Waals surface area contributed by atoms with Crippen LogP contribution >= 0.6 is 0 Å². The molecule has 1 unspecified atom stereocenters. The van der Waals surface area contributed by atoms with Crippen LogP contribution in [0.15, 0.2) is 24.5 Å².